The van der Waals surface area contributed by atoms with Crippen LogP contribution < -0.4 is 16.0 Å². The summed E-state index contributed by atoms with van der Waals surface area (Å²) in [4.78, 5) is 27.2. The lowest BCUT2D eigenvalue weighted by Gasteiger charge is -2.35. The smallest absolute Gasteiger partial charge is 0.322 e. The number of para-hydroxylation sites is 1. The first-order chi connectivity index (χ1) is 11.6. The molecule has 8 heteroatoms. The lowest BCUT2D eigenvalue weighted by atomic mass is 10.2. The molecule has 0 unspecified atom stereocenters. The van der Waals surface area contributed by atoms with E-state index in [2.05, 4.69) is 27.4 Å². The van der Waals surface area contributed by atoms with Crippen LogP contribution in [0.3, 0.4) is 0 Å². The van der Waals surface area contributed by atoms with E-state index in [1.54, 1.807) is 11.1 Å². The monoisotopic (exact) mass is 328 g/mol. The predicted octanol–water partition coefficient (Wildman–Crippen LogP) is 0.722. The van der Waals surface area contributed by atoms with Crippen LogP contribution in [0.5, 0.6) is 0 Å². The Bertz CT molecular complexity index is 706. The van der Waals surface area contributed by atoms with Gasteiger partial charge in [-0.2, -0.15) is 5.10 Å². The van der Waals surface area contributed by atoms with Crippen LogP contribution in [-0.4, -0.2) is 52.8 Å². The lowest BCUT2D eigenvalue weighted by molar-refractivity contribution is -0.118. The normalized spacial score (nSPS) is 14.5. The van der Waals surface area contributed by atoms with E-state index in [0.717, 1.165) is 13.1 Å². The van der Waals surface area contributed by atoms with E-state index in [9.17, 15) is 9.59 Å². The summed E-state index contributed by atoms with van der Waals surface area (Å²) in [5.74, 6) is -0.479. The summed E-state index contributed by atoms with van der Waals surface area (Å²) in [6, 6.07) is 9.99. The Balaban J connectivity index is 1.52. The Hall–Kier alpha value is -3.03. The third-order valence-corrected chi connectivity index (χ3v) is 3.89. The Morgan fingerprint density at radius 2 is 1.83 bits per heavy atom. The average molecular weight is 328 g/mol. The fraction of sp³-hybridized carbons (Fsp3) is 0.312. The molecule has 0 bridgehead atoms. The highest BCUT2D eigenvalue weighted by molar-refractivity contribution is 5.89. The number of anilines is 2. The molecule has 1 fully saturated rings. The number of urea groups is 1. The highest BCUT2D eigenvalue weighted by Crippen LogP contribution is 2.16. The summed E-state index contributed by atoms with van der Waals surface area (Å²) in [5.41, 5.74) is 6.83. The standard InChI is InChI=1S/C16H20N6O2/c17-15(23)12-22-11-13(10-18-22)19-16(24)21-8-6-20(7-9-21)14-4-2-1-3-5-14/h1-5,10-11H,6-9,12H2,(H2,17,23)(H,19,24). The van der Waals surface area contributed by atoms with E-state index in [1.807, 2.05) is 18.2 Å². The molecule has 24 heavy (non-hydrogen) atoms. The van der Waals surface area contributed by atoms with Crippen LogP contribution in [0, 0.1) is 0 Å². The van der Waals surface area contributed by atoms with Gasteiger partial charge in [0.15, 0.2) is 0 Å². The van der Waals surface area contributed by atoms with E-state index >= 15 is 0 Å². The van der Waals surface area contributed by atoms with Gasteiger partial charge in [-0.25, -0.2) is 4.79 Å². The van der Waals surface area contributed by atoms with Gasteiger partial charge in [-0.1, -0.05) is 18.2 Å². The van der Waals surface area contributed by atoms with E-state index in [-0.39, 0.29) is 12.6 Å². The fourth-order valence-electron chi connectivity index (χ4n) is 2.68. The van der Waals surface area contributed by atoms with Crippen molar-refractivity contribution in [3.63, 3.8) is 0 Å². The number of nitrogens with two attached hydrogens (primary N) is 1. The number of carbonyl (C=O) groups excluding carboxylic acids is 2. The number of piperazine rings is 1. The van der Waals surface area contributed by atoms with Gasteiger partial charge in [0.25, 0.3) is 0 Å². The summed E-state index contributed by atoms with van der Waals surface area (Å²) in [6.45, 7) is 2.87. The zero-order valence-corrected chi connectivity index (χ0v) is 13.3. The van der Waals surface area contributed by atoms with Crippen molar-refractivity contribution in [3.05, 3.63) is 42.7 Å². The van der Waals surface area contributed by atoms with Gasteiger partial charge in [0.2, 0.25) is 5.91 Å². The highest BCUT2D eigenvalue weighted by atomic mass is 16.2. The predicted molar refractivity (Wildman–Crippen MR) is 90.7 cm³/mol. The Kier molecular flexibility index (Phi) is 4.64. The van der Waals surface area contributed by atoms with Gasteiger partial charge in [0.1, 0.15) is 6.54 Å². The van der Waals surface area contributed by atoms with E-state index < -0.39 is 5.91 Å². The van der Waals surface area contributed by atoms with E-state index in [0.29, 0.717) is 18.8 Å². The van der Waals surface area contributed by atoms with Crippen LogP contribution in [-0.2, 0) is 11.3 Å². The van der Waals surface area contributed by atoms with Crippen LogP contribution in [0.2, 0.25) is 0 Å². The van der Waals surface area contributed by atoms with Crippen LogP contribution in [0.25, 0.3) is 0 Å². The lowest BCUT2D eigenvalue weighted by Crippen LogP contribution is -2.50. The minimum atomic E-state index is -0.479. The van der Waals surface area contributed by atoms with Gasteiger partial charge in [-0.15, -0.1) is 0 Å². The topological polar surface area (TPSA) is 96.5 Å². The molecule has 126 valence electrons. The summed E-state index contributed by atoms with van der Waals surface area (Å²) in [7, 11) is 0. The molecule has 1 saturated heterocycles. The van der Waals surface area contributed by atoms with Crippen LogP contribution in [0.4, 0.5) is 16.2 Å². The van der Waals surface area contributed by atoms with Gasteiger partial charge < -0.3 is 20.9 Å². The number of carbonyl (C=O) groups is 2. The molecule has 0 radical (unpaired) electrons. The average Bonchev–Trinajstić information content (AvgIpc) is 3.02. The minimum absolute atomic E-state index is 0.00831. The van der Waals surface area contributed by atoms with E-state index in [4.69, 9.17) is 5.73 Å². The van der Waals surface area contributed by atoms with Crippen molar-refractivity contribution < 1.29 is 9.59 Å². The molecular formula is C16H20N6O2. The zero-order chi connectivity index (χ0) is 16.9. The number of primary amides is 1. The first-order valence-corrected chi connectivity index (χ1v) is 7.78. The molecule has 1 aromatic carbocycles. The number of rotatable bonds is 4. The van der Waals surface area contributed by atoms with Crippen molar-refractivity contribution in [1.82, 2.24) is 14.7 Å². The Morgan fingerprint density at radius 1 is 1.12 bits per heavy atom. The quantitative estimate of drug-likeness (QED) is 0.864. The molecule has 2 aromatic rings. The van der Waals surface area contributed by atoms with E-state index in [1.165, 1.54) is 16.6 Å². The number of hydrogen-bond acceptors (Lipinski definition) is 4. The molecule has 0 spiro atoms. The Labute approximate surface area is 139 Å². The largest absolute Gasteiger partial charge is 0.368 e. The zero-order valence-electron chi connectivity index (χ0n) is 13.3. The molecule has 2 heterocycles. The van der Waals surface area contributed by atoms with Gasteiger partial charge in [0.05, 0.1) is 11.9 Å². The number of hydrogen-bond donors (Lipinski definition) is 2. The number of nitrogens with zero attached hydrogens (tertiary/aromatic N) is 4. The summed E-state index contributed by atoms with van der Waals surface area (Å²) in [5, 5.41) is 6.77. The van der Waals surface area contributed by atoms with Crippen molar-refractivity contribution >= 4 is 23.3 Å². The molecule has 3 rings (SSSR count). The number of nitrogens with one attached hydrogen (secondary N) is 1. The van der Waals surface area contributed by atoms with Crippen LogP contribution >= 0.6 is 0 Å². The molecule has 1 aromatic heterocycles. The van der Waals surface area contributed by atoms with Gasteiger partial charge in [-0.3, -0.25) is 9.48 Å². The molecule has 3 amide bonds. The van der Waals surface area contributed by atoms with Crippen molar-refractivity contribution in [2.24, 2.45) is 5.73 Å². The molecule has 1 aliphatic heterocycles. The van der Waals surface area contributed by atoms with Gasteiger partial charge >= 0.3 is 6.03 Å². The molecule has 0 atom stereocenters. The van der Waals surface area contributed by atoms with Gasteiger partial charge in [-0.05, 0) is 12.1 Å². The summed E-state index contributed by atoms with van der Waals surface area (Å²) >= 11 is 0. The first-order valence-electron chi connectivity index (χ1n) is 7.78. The van der Waals surface area contributed by atoms with Crippen molar-refractivity contribution in [3.8, 4) is 0 Å². The first kappa shape index (κ1) is 15.9. The molecule has 3 N–H and O–H groups in total. The maximum Gasteiger partial charge on any atom is 0.322 e. The second kappa shape index (κ2) is 7.03. The maximum absolute atomic E-state index is 12.3. The molecule has 1 aliphatic rings. The summed E-state index contributed by atoms with van der Waals surface area (Å²) < 4.78 is 1.39. The number of amides is 3. The number of benzene rings is 1. The van der Waals surface area contributed by atoms with Crippen molar-refractivity contribution in [1.29, 1.82) is 0 Å². The fourth-order valence-corrected chi connectivity index (χ4v) is 2.68. The number of aromatic nitrogens is 2. The second-order valence-corrected chi connectivity index (χ2v) is 5.63. The SMILES string of the molecule is NC(=O)Cn1cc(NC(=O)N2CCN(c3ccccc3)CC2)cn1. The molecular weight excluding hydrogens is 308 g/mol. The molecule has 0 saturated carbocycles. The highest BCUT2D eigenvalue weighted by Gasteiger charge is 2.21. The summed E-state index contributed by atoms with van der Waals surface area (Å²) in [6.07, 6.45) is 3.09. The van der Waals surface area contributed by atoms with Gasteiger partial charge in [0, 0.05) is 38.1 Å². The van der Waals surface area contributed by atoms with Crippen LogP contribution in [0.15, 0.2) is 42.7 Å². The maximum atomic E-state index is 12.3. The molecule has 8 nitrogen and oxygen atoms in total. The second-order valence-electron chi connectivity index (χ2n) is 5.63. The molecule has 0 aliphatic carbocycles. The van der Waals surface area contributed by atoms with Crippen molar-refractivity contribution in [2.45, 2.75) is 6.54 Å². The minimum Gasteiger partial charge on any atom is -0.368 e. The third kappa shape index (κ3) is 3.83. The Morgan fingerprint density at radius 3 is 2.50 bits per heavy atom. The van der Waals surface area contributed by atoms with Crippen LogP contribution in [0.1, 0.15) is 0 Å². The van der Waals surface area contributed by atoms with Crippen molar-refractivity contribution in [2.75, 3.05) is 36.4 Å². The third-order valence-electron chi connectivity index (χ3n) is 3.89.